The Morgan fingerprint density at radius 2 is 2.27 bits per heavy atom. The minimum Gasteiger partial charge on any atom is -0.380 e. The highest BCUT2D eigenvalue weighted by Crippen LogP contribution is 2.13. The summed E-state index contributed by atoms with van der Waals surface area (Å²) in [5.41, 5.74) is 0. The second-order valence-corrected chi connectivity index (χ2v) is 4.00. The van der Waals surface area contributed by atoms with Crippen LogP contribution in [0.15, 0.2) is 0 Å². The molecule has 2 fully saturated rings. The van der Waals surface area contributed by atoms with Crippen molar-refractivity contribution in [1.82, 2.24) is 10.2 Å². The van der Waals surface area contributed by atoms with E-state index in [0.29, 0.717) is 26.1 Å². The lowest BCUT2D eigenvalue weighted by Gasteiger charge is -2.22. The van der Waals surface area contributed by atoms with Crippen molar-refractivity contribution in [3.05, 3.63) is 0 Å². The van der Waals surface area contributed by atoms with Gasteiger partial charge in [-0.1, -0.05) is 0 Å². The fraction of sp³-hybridized carbons (Fsp3) is 0.800. The van der Waals surface area contributed by atoms with E-state index in [1.165, 1.54) is 0 Å². The van der Waals surface area contributed by atoms with Crippen LogP contribution >= 0.6 is 0 Å². The van der Waals surface area contributed by atoms with Crippen LogP contribution in [0.3, 0.4) is 0 Å². The van der Waals surface area contributed by atoms with Crippen LogP contribution in [0.25, 0.3) is 0 Å². The maximum atomic E-state index is 12.0. The first-order chi connectivity index (χ1) is 7.27. The van der Waals surface area contributed by atoms with E-state index in [4.69, 9.17) is 4.74 Å². The molecule has 5 heteroatoms. The maximum absolute atomic E-state index is 12.0. The topological polar surface area (TPSA) is 58.6 Å². The molecule has 0 bridgehead atoms. The first-order valence-electron chi connectivity index (χ1n) is 5.40. The summed E-state index contributed by atoms with van der Waals surface area (Å²) in [6, 6.07) is 0. The third-order valence-electron chi connectivity index (χ3n) is 2.86. The number of carbonyl (C=O) groups excluding carboxylic acids is 2. The van der Waals surface area contributed by atoms with Crippen molar-refractivity contribution in [2.24, 2.45) is 5.92 Å². The molecule has 1 N–H and O–H groups in total. The molecule has 2 amide bonds. The zero-order chi connectivity index (χ0) is 10.7. The lowest BCUT2D eigenvalue weighted by Crippen LogP contribution is -2.38. The molecular weight excluding hydrogens is 196 g/mol. The molecule has 2 heterocycles. The molecule has 15 heavy (non-hydrogen) atoms. The fourth-order valence-corrected chi connectivity index (χ4v) is 2.00. The highest BCUT2D eigenvalue weighted by Gasteiger charge is 2.31. The van der Waals surface area contributed by atoms with Gasteiger partial charge in [0, 0.05) is 32.7 Å². The summed E-state index contributed by atoms with van der Waals surface area (Å²) in [7, 11) is 0. The molecule has 2 aliphatic heterocycles. The van der Waals surface area contributed by atoms with Crippen LogP contribution in [0.2, 0.25) is 0 Å². The minimum absolute atomic E-state index is 0.0144. The fourth-order valence-electron chi connectivity index (χ4n) is 2.00. The molecule has 0 aromatic heterocycles. The molecule has 0 aromatic rings. The molecule has 0 aromatic carbocycles. The van der Waals surface area contributed by atoms with Crippen molar-refractivity contribution < 1.29 is 14.3 Å². The lowest BCUT2D eigenvalue weighted by molar-refractivity contribution is -0.135. The van der Waals surface area contributed by atoms with Gasteiger partial charge in [-0.05, 0) is 6.42 Å². The Bertz CT molecular complexity index is 259. The molecule has 0 radical (unpaired) electrons. The molecule has 2 aliphatic rings. The molecule has 0 aliphatic carbocycles. The molecule has 5 nitrogen and oxygen atoms in total. The van der Waals surface area contributed by atoms with E-state index in [0.717, 1.165) is 19.6 Å². The Morgan fingerprint density at radius 1 is 1.40 bits per heavy atom. The highest BCUT2D eigenvalue weighted by molar-refractivity contribution is 5.89. The second kappa shape index (κ2) is 4.61. The van der Waals surface area contributed by atoms with E-state index in [9.17, 15) is 9.59 Å². The number of amides is 2. The van der Waals surface area contributed by atoms with Crippen LogP contribution in [-0.2, 0) is 14.3 Å². The number of hydrogen-bond donors (Lipinski definition) is 1. The molecule has 0 spiro atoms. The van der Waals surface area contributed by atoms with Crippen molar-refractivity contribution in [2.45, 2.75) is 12.8 Å². The van der Waals surface area contributed by atoms with Gasteiger partial charge in [0.25, 0.3) is 0 Å². The van der Waals surface area contributed by atoms with Gasteiger partial charge in [0.15, 0.2) is 0 Å². The monoisotopic (exact) mass is 212 g/mol. The summed E-state index contributed by atoms with van der Waals surface area (Å²) in [6.45, 7) is 3.24. The molecule has 2 saturated heterocycles. The van der Waals surface area contributed by atoms with E-state index in [1.54, 1.807) is 0 Å². The highest BCUT2D eigenvalue weighted by atomic mass is 16.5. The predicted octanol–water partition coefficient (Wildman–Crippen LogP) is -0.629. The van der Waals surface area contributed by atoms with Crippen molar-refractivity contribution in [2.75, 3.05) is 32.8 Å². The number of rotatable bonds is 1. The Kier molecular flexibility index (Phi) is 3.20. The quantitative estimate of drug-likeness (QED) is 0.629. The van der Waals surface area contributed by atoms with E-state index < -0.39 is 0 Å². The minimum atomic E-state index is -0.157. The first kappa shape index (κ1) is 10.4. The van der Waals surface area contributed by atoms with Crippen LogP contribution < -0.4 is 5.32 Å². The van der Waals surface area contributed by atoms with Crippen molar-refractivity contribution in [3.63, 3.8) is 0 Å². The Balaban J connectivity index is 1.91. The van der Waals surface area contributed by atoms with E-state index in [1.807, 2.05) is 4.90 Å². The molecular formula is C10H16N2O3. The average Bonchev–Trinajstić information content (AvgIpc) is 2.53. The third-order valence-corrected chi connectivity index (χ3v) is 2.86. The van der Waals surface area contributed by atoms with Crippen molar-refractivity contribution >= 4 is 11.8 Å². The predicted molar refractivity (Wildman–Crippen MR) is 53.1 cm³/mol. The molecule has 1 atom stereocenters. The lowest BCUT2D eigenvalue weighted by atomic mass is 10.1. The molecule has 1 unspecified atom stereocenters. The standard InChI is InChI=1S/C10H16N2O3/c13-9-6-8(7-11-9)10(14)12-2-1-4-15-5-3-12/h8H,1-7H2,(H,11,13). The summed E-state index contributed by atoms with van der Waals surface area (Å²) in [4.78, 5) is 24.8. The van der Waals surface area contributed by atoms with Crippen LogP contribution in [0, 0.1) is 5.92 Å². The van der Waals surface area contributed by atoms with Gasteiger partial charge in [-0.25, -0.2) is 0 Å². The SMILES string of the molecule is O=C1CC(C(=O)N2CCCOCC2)CN1. The van der Waals surface area contributed by atoms with Crippen molar-refractivity contribution in [1.29, 1.82) is 0 Å². The zero-order valence-electron chi connectivity index (χ0n) is 8.70. The average molecular weight is 212 g/mol. The van der Waals surface area contributed by atoms with Crippen molar-refractivity contribution in [3.8, 4) is 0 Å². The number of ether oxygens (including phenoxy) is 1. The van der Waals surface area contributed by atoms with E-state index >= 15 is 0 Å². The molecule has 84 valence electrons. The third kappa shape index (κ3) is 2.47. The summed E-state index contributed by atoms with van der Waals surface area (Å²) in [6.07, 6.45) is 1.23. The Morgan fingerprint density at radius 3 is 3.00 bits per heavy atom. The number of nitrogens with zero attached hydrogens (tertiary/aromatic N) is 1. The summed E-state index contributed by atoms with van der Waals surface area (Å²) < 4.78 is 5.28. The second-order valence-electron chi connectivity index (χ2n) is 4.00. The maximum Gasteiger partial charge on any atom is 0.228 e. The van der Waals surface area contributed by atoms with Gasteiger partial charge < -0.3 is 15.0 Å². The van der Waals surface area contributed by atoms with E-state index in [-0.39, 0.29) is 17.7 Å². The largest absolute Gasteiger partial charge is 0.380 e. The Hall–Kier alpha value is -1.10. The first-order valence-corrected chi connectivity index (χ1v) is 5.40. The van der Waals surface area contributed by atoms with Gasteiger partial charge in [0.05, 0.1) is 12.5 Å². The smallest absolute Gasteiger partial charge is 0.228 e. The van der Waals surface area contributed by atoms with Gasteiger partial charge in [-0.15, -0.1) is 0 Å². The Labute approximate surface area is 88.8 Å². The van der Waals surface area contributed by atoms with Crippen LogP contribution in [0.4, 0.5) is 0 Å². The van der Waals surface area contributed by atoms with Crippen LogP contribution in [0.1, 0.15) is 12.8 Å². The van der Waals surface area contributed by atoms with Crippen LogP contribution in [-0.4, -0.2) is 49.6 Å². The normalized spacial score (nSPS) is 27.3. The summed E-state index contributed by atoms with van der Waals surface area (Å²) in [5, 5.41) is 2.69. The molecule has 2 rings (SSSR count). The van der Waals surface area contributed by atoms with Crippen LogP contribution in [0.5, 0.6) is 0 Å². The number of carbonyl (C=O) groups is 2. The molecule has 0 saturated carbocycles. The van der Waals surface area contributed by atoms with Gasteiger partial charge in [-0.2, -0.15) is 0 Å². The number of nitrogens with one attached hydrogen (secondary N) is 1. The number of hydrogen-bond acceptors (Lipinski definition) is 3. The van der Waals surface area contributed by atoms with Gasteiger partial charge >= 0.3 is 0 Å². The van der Waals surface area contributed by atoms with Gasteiger partial charge in [0.1, 0.15) is 0 Å². The summed E-state index contributed by atoms with van der Waals surface area (Å²) in [5.74, 6) is -0.0751. The van der Waals surface area contributed by atoms with Gasteiger partial charge in [0.2, 0.25) is 11.8 Å². The summed E-state index contributed by atoms with van der Waals surface area (Å²) >= 11 is 0. The zero-order valence-corrected chi connectivity index (χ0v) is 8.70. The van der Waals surface area contributed by atoms with E-state index in [2.05, 4.69) is 5.32 Å². The van der Waals surface area contributed by atoms with Gasteiger partial charge in [-0.3, -0.25) is 9.59 Å².